The predicted octanol–water partition coefficient (Wildman–Crippen LogP) is 3.62. The van der Waals surface area contributed by atoms with Gasteiger partial charge in [0.15, 0.2) is 0 Å². The number of hydrogen-bond donors (Lipinski definition) is 1. The normalized spacial score (nSPS) is 15.8. The number of hydrogen-bond acceptors (Lipinski definition) is 3. The lowest BCUT2D eigenvalue weighted by Gasteiger charge is -2.28. The van der Waals surface area contributed by atoms with Crippen LogP contribution in [0.4, 0.5) is 0 Å². The van der Waals surface area contributed by atoms with Crippen molar-refractivity contribution in [3.8, 4) is 0 Å². The Labute approximate surface area is 133 Å². The molecule has 1 aromatic heterocycles. The molecule has 2 aromatic rings. The van der Waals surface area contributed by atoms with Crippen LogP contribution in [0.3, 0.4) is 0 Å². The fraction of sp³-hybridized carbons (Fsp3) is 0.556. The molecule has 1 N–H and O–H groups in total. The molecule has 1 aliphatic rings. The quantitative estimate of drug-likeness (QED) is 0.886. The maximum absolute atomic E-state index is 4.59. The van der Waals surface area contributed by atoms with E-state index in [9.17, 15) is 0 Å². The molecule has 1 aromatic carbocycles. The Morgan fingerprint density at radius 2 is 1.86 bits per heavy atom. The third-order valence-corrected chi connectivity index (χ3v) is 4.59. The molecule has 0 atom stereocenters. The van der Waals surface area contributed by atoms with Crippen molar-refractivity contribution in [3.05, 3.63) is 47.0 Å². The first-order chi connectivity index (χ1) is 10.7. The Morgan fingerprint density at radius 3 is 2.50 bits per heavy atom. The van der Waals surface area contributed by atoms with Gasteiger partial charge in [-0.3, -0.25) is 10.00 Å². The van der Waals surface area contributed by atoms with Crippen molar-refractivity contribution in [2.24, 2.45) is 0 Å². The van der Waals surface area contributed by atoms with Gasteiger partial charge in [-0.1, -0.05) is 49.6 Å². The number of nitrogens with one attached hydrogen (secondary N) is 1. The van der Waals surface area contributed by atoms with Gasteiger partial charge >= 0.3 is 0 Å². The van der Waals surface area contributed by atoms with Gasteiger partial charge in [0.05, 0.1) is 6.54 Å². The summed E-state index contributed by atoms with van der Waals surface area (Å²) in [6.45, 7) is 6.09. The molecule has 1 aliphatic carbocycles. The van der Waals surface area contributed by atoms with Crippen LogP contribution < -0.4 is 0 Å². The zero-order valence-corrected chi connectivity index (χ0v) is 13.7. The average molecular weight is 298 g/mol. The lowest BCUT2D eigenvalue weighted by atomic mass is 10.1. The number of aromatic nitrogens is 3. The summed E-state index contributed by atoms with van der Waals surface area (Å²) in [6.07, 6.45) is 6.20. The molecule has 118 valence electrons. The minimum Gasteiger partial charge on any atom is -0.289 e. The van der Waals surface area contributed by atoms with Gasteiger partial charge < -0.3 is 0 Å². The number of benzene rings is 1. The lowest BCUT2D eigenvalue weighted by molar-refractivity contribution is 0.176. The molecule has 0 saturated heterocycles. The summed E-state index contributed by atoms with van der Waals surface area (Å²) in [5.74, 6) is 1.91. The largest absolute Gasteiger partial charge is 0.289 e. The summed E-state index contributed by atoms with van der Waals surface area (Å²) in [6, 6.07) is 9.57. The molecule has 3 rings (SSSR count). The summed E-state index contributed by atoms with van der Waals surface area (Å²) in [5.41, 5.74) is 2.70. The third-order valence-electron chi connectivity index (χ3n) is 4.59. The van der Waals surface area contributed by atoms with Gasteiger partial charge in [-0.15, -0.1) is 0 Å². The highest BCUT2D eigenvalue weighted by Gasteiger charge is 2.23. The van der Waals surface area contributed by atoms with Crippen LogP contribution in [0.1, 0.15) is 55.4 Å². The van der Waals surface area contributed by atoms with E-state index in [4.69, 9.17) is 0 Å². The second kappa shape index (κ2) is 7.05. The van der Waals surface area contributed by atoms with Crippen LogP contribution in [0.5, 0.6) is 0 Å². The van der Waals surface area contributed by atoms with Crippen molar-refractivity contribution >= 4 is 0 Å². The van der Waals surface area contributed by atoms with Gasteiger partial charge in [0.1, 0.15) is 11.6 Å². The summed E-state index contributed by atoms with van der Waals surface area (Å²) in [7, 11) is 0. The van der Waals surface area contributed by atoms with Crippen LogP contribution in [0.2, 0.25) is 0 Å². The van der Waals surface area contributed by atoms with Crippen LogP contribution in [0.15, 0.2) is 24.3 Å². The van der Waals surface area contributed by atoms with E-state index in [-0.39, 0.29) is 0 Å². The molecule has 1 heterocycles. The van der Waals surface area contributed by atoms with E-state index in [1.807, 2.05) is 0 Å². The van der Waals surface area contributed by atoms with Gasteiger partial charge in [-0.25, -0.2) is 4.98 Å². The minimum absolute atomic E-state index is 0.677. The van der Waals surface area contributed by atoms with Crippen molar-refractivity contribution in [1.82, 2.24) is 20.1 Å². The van der Waals surface area contributed by atoms with Gasteiger partial charge in [-0.2, -0.15) is 5.10 Å². The van der Waals surface area contributed by atoms with E-state index in [2.05, 4.69) is 58.2 Å². The zero-order valence-electron chi connectivity index (χ0n) is 13.7. The topological polar surface area (TPSA) is 44.8 Å². The Hall–Kier alpha value is -1.68. The molecule has 0 amide bonds. The molecule has 1 fully saturated rings. The molecule has 0 radical (unpaired) electrons. The van der Waals surface area contributed by atoms with Crippen LogP contribution >= 0.6 is 0 Å². The first kappa shape index (κ1) is 15.2. The van der Waals surface area contributed by atoms with E-state index in [0.717, 1.165) is 31.2 Å². The van der Waals surface area contributed by atoms with E-state index < -0.39 is 0 Å². The number of rotatable bonds is 6. The SMILES string of the molecule is CCc1n[nH]c(CN(Cc2ccc(C)cc2)C2CCCC2)n1. The van der Waals surface area contributed by atoms with Crippen molar-refractivity contribution in [2.75, 3.05) is 0 Å². The molecule has 22 heavy (non-hydrogen) atoms. The fourth-order valence-corrected chi connectivity index (χ4v) is 3.27. The number of aryl methyl sites for hydroxylation is 2. The van der Waals surface area contributed by atoms with E-state index in [1.165, 1.54) is 36.8 Å². The Balaban J connectivity index is 1.72. The molecule has 4 heteroatoms. The minimum atomic E-state index is 0.677. The van der Waals surface area contributed by atoms with Crippen molar-refractivity contribution in [2.45, 2.75) is 65.1 Å². The van der Waals surface area contributed by atoms with Crippen LogP contribution in [0, 0.1) is 6.92 Å². The molecule has 0 unspecified atom stereocenters. The van der Waals surface area contributed by atoms with Crippen LogP contribution in [-0.2, 0) is 19.5 Å². The Kier molecular flexibility index (Phi) is 4.88. The molecule has 0 aliphatic heterocycles. The number of nitrogens with zero attached hydrogens (tertiary/aromatic N) is 3. The highest BCUT2D eigenvalue weighted by atomic mass is 15.3. The monoisotopic (exact) mass is 298 g/mol. The van der Waals surface area contributed by atoms with Crippen LogP contribution in [-0.4, -0.2) is 26.1 Å². The fourth-order valence-electron chi connectivity index (χ4n) is 3.27. The maximum atomic E-state index is 4.59. The van der Waals surface area contributed by atoms with Gasteiger partial charge in [0.2, 0.25) is 0 Å². The van der Waals surface area contributed by atoms with Crippen LogP contribution in [0.25, 0.3) is 0 Å². The van der Waals surface area contributed by atoms with Crippen molar-refractivity contribution in [3.63, 3.8) is 0 Å². The average Bonchev–Trinajstić information content (AvgIpc) is 3.20. The second-order valence-electron chi connectivity index (χ2n) is 6.38. The van der Waals surface area contributed by atoms with Gasteiger partial charge in [-0.05, 0) is 25.3 Å². The molecule has 0 bridgehead atoms. The summed E-state index contributed by atoms with van der Waals surface area (Å²) in [4.78, 5) is 7.15. The summed E-state index contributed by atoms with van der Waals surface area (Å²) >= 11 is 0. The Morgan fingerprint density at radius 1 is 1.14 bits per heavy atom. The van der Waals surface area contributed by atoms with Gasteiger partial charge in [0, 0.05) is 19.0 Å². The highest BCUT2D eigenvalue weighted by Crippen LogP contribution is 2.26. The lowest BCUT2D eigenvalue weighted by Crippen LogP contribution is -2.32. The molecule has 1 saturated carbocycles. The number of aromatic amines is 1. The predicted molar refractivity (Wildman–Crippen MR) is 88.4 cm³/mol. The molecular formula is C18H26N4. The summed E-state index contributed by atoms with van der Waals surface area (Å²) in [5, 5.41) is 7.37. The zero-order chi connectivity index (χ0) is 15.4. The highest BCUT2D eigenvalue weighted by molar-refractivity contribution is 5.21. The summed E-state index contributed by atoms with van der Waals surface area (Å²) < 4.78 is 0. The third kappa shape index (κ3) is 3.74. The first-order valence-corrected chi connectivity index (χ1v) is 8.44. The first-order valence-electron chi connectivity index (χ1n) is 8.44. The van der Waals surface area contributed by atoms with Crippen molar-refractivity contribution in [1.29, 1.82) is 0 Å². The van der Waals surface area contributed by atoms with E-state index in [1.54, 1.807) is 0 Å². The second-order valence-corrected chi connectivity index (χ2v) is 6.38. The van der Waals surface area contributed by atoms with E-state index in [0.29, 0.717) is 6.04 Å². The molecular weight excluding hydrogens is 272 g/mol. The molecule has 0 spiro atoms. The van der Waals surface area contributed by atoms with Gasteiger partial charge in [0.25, 0.3) is 0 Å². The van der Waals surface area contributed by atoms with Crippen molar-refractivity contribution < 1.29 is 0 Å². The number of H-pyrrole nitrogens is 1. The van der Waals surface area contributed by atoms with E-state index >= 15 is 0 Å². The maximum Gasteiger partial charge on any atom is 0.150 e. The smallest absolute Gasteiger partial charge is 0.150 e. The molecule has 4 nitrogen and oxygen atoms in total. The standard InChI is InChI=1S/C18H26N4/c1-3-17-19-18(21-20-17)13-22(16-6-4-5-7-16)12-15-10-8-14(2)9-11-15/h8-11,16H,3-7,12-13H2,1-2H3,(H,19,20,21). The Bertz CT molecular complexity index is 581.